The van der Waals surface area contributed by atoms with E-state index in [1.165, 1.54) is 0 Å². The maximum Gasteiger partial charge on any atom is 0.329 e. The maximum absolute atomic E-state index is 12.8. The third-order valence-electron chi connectivity index (χ3n) is 3.96. The van der Waals surface area contributed by atoms with Crippen LogP contribution in [0.3, 0.4) is 0 Å². The molecule has 0 aliphatic carbocycles. The molecule has 0 spiro atoms. The SMILES string of the molecule is CCCCNC(=O)N1C(C(=O)OCC(C)C)CSC1c1ccccc1. The average molecular weight is 365 g/mol. The first kappa shape index (κ1) is 19.6. The predicted octanol–water partition coefficient (Wildman–Crippen LogP) is 3.81. The molecule has 1 aliphatic rings. The summed E-state index contributed by atoms with van der Waals surface area (Å²) < 4.78 is 5.40. The zero-order valence-electron chi connectivity index (χ0n) is 15.2. The Balaban J connectivity index is 2.14. The first-order valence-electron chi connectivity index (χ1n) is 8.94. The Kier molecular flexibility index (Phi) is 7.62. The summed E-state index contributed by atoms with van der Waals surface area (Å²) in [5.74, 6) is 0.512. The summed E-state index contributed by atoms with van der Waals surface area (Å²) in [7, 11) is 0. The molecule has 1 aliphatic heterocycles. The molecule has 2 unspecified atom stereocenters. The molecule has 0 radical (unpaired) electrons. The lowest BCUT2D eigenvalue weighted by Gasteiger charge is -2.29. The summed E-state index contributed by atoms with van der Waals surface area (Å²) in [6.07, 6.45) is 1.93. The van der Waals surface area contributed by atoms with E-state index < -0.39 is 6.04 Å². The second kappa shape index (κ2) is 9.70. The van der Waals surface area contributed by atoms with Gasteiger partial charge in [0.15, 0.2) is 0 Å². The highest BCUT2D eigenvalue weighted by atomic mass is 32.2. The number of nitrogens with one attached hydrogen (secondary N) is 1. The molecular formula is C19H28N2O3S. The molecule has 1 heterocycles. The molecule has 1 fully saturated rings. The normalized spacial score (nSPS) is 19.9. The zero-order valence-corrected chi connectivity index (χ0v) is 16.1. The number of thioether (sulfide) groups is 1. The van der Waals surface area contributed by atoms with Gasteiger partial charge in [-0.05, 0) is 17.9 Å². The van der Waals surface area contributed by atoms with E-state index in [1.54, 1.807) is 16.7 Å². The topological polar surface area (TPSA) is 58.6 Å². The van der Waals surface area contributed by atoms with Crippen LogP contribution in [-0.4, -0.2) is 41.8 Å². The van der Waals surface area contributed by atoms with Gasteiger partial charge in [0.25, 0.3) is 0 Å². The van der Waals surface area contributed by atoms with Crippen LogP contribution in [0.2, 0.25) is 0 Å². The molecule has 1 N–H and O–H groups in total. The lowest BCUT2D eigenvalue weighted by Crippen LogP contribution is -2.48. The monoisotopic (exact) mass is 364 g/mol. The van der Waals surface area contributed by atoms with E-state index in [0.717, 1.165) is 18.4 Å². The summed E-state index contributed by atoms with van der Waals surface area (Å²) in [6.45, 7) is 7.07. The number of ether oxygens (including phenoxy) is 1. The number of urea groups is 1. The van der Waals surface area contributed by atoms with Crippen LogP contribution in [0.5, 0.6) is 0 Å². The third-order valence-corrected chi connectivity index (χ3v) is 5.28. The molecule has 0 saturated carbocycles. The summed E-state index contributed by atoms with van der Waals surface area (Å²) in [4.78, 5) is 26.9. The van der Waals surface area contributed by atoms with Crippen molar-refractivity contribution in [1.82, 2.24) is 10.2 Å². The molecule has 0 bridgehead atoms. The molecule has 2 rings (SSSR count). The van der Waals surface area contributed by atoms with Crippen molar-refractivity contribution in [2.24, 2.45) is 5.92 Å². The minimum absolute atomic E-state index is 0.167. The van der Waals surface area contributed by atoms with E-state index in [1.807, 2.05) is 44.2 Å². The van der Waals surface area contributed by atoms with Crippen molar-refractivity contribution in [2.75, 3.05) is 18.9 Å². The number of benzene rings is 1. The molecule has 1 aromatic carbocycles. The van der Waals surface area contributed by atoms with Gasteiger partial charge >= 0.3 is 12.0 Å². The zero-order chi connectivity index (χ0) is 18.2. The molecule has 25 heavy (non-hydrogen) atoms. The number of carbonyl (C=O) groups excluding carboxylic acids is 2. The Morgan fingerprint density at radius 2 is 2.04 bits per heavy atom. The number of esters is 1. The number of hydrogen-bond donors (Lipinski definition) is 1. The van der Waals surface area contributed by atoms with Crippen LogP contribution in [0.15, 0.2) is 30.3 Å². The Morgan fingerprint density at radius 3 is 2.68 bits per heavy atom. The molecule has 1 saturated heterocycles. The number of hydrogen-bond acceptors (Lipinski definition) is 4. The van der Waals surface area contributed by atoms with E-state index in [0.29, 0.717) is 18.9 Å². The highest BCUT2D eigenvalue weighted by Gasteiger charge is 2.43. The van der Waals surface area contributed by atoms with Gasteiger partial charge in [0, 0.05) is 12.3 Å². The first-order chi connectivity index (χ1) is 12.0. The minimum Gasteiger partial charge on any atom is -0.464 e. The third kappa shape index (κ3) is 5.39. The Hall–Kier alpha value is -1.69. The second-order valence-corrected chi connectivity index (χ2v) is 7.74. The van der Waals surface area contributed by atoms with Crippen LogP contribution in [0.1, 0.15) is 44.6 Å². The fourth-order valence-corrected chi connectivity index (χ4v) is 4.03. The summed E-state index contributed by atoms with van der Waals surface area (Å²) in [5, 5.41) is 2.77. The predicted molar refractivity (Wildman–Crippen MR) is 101 cm³/mol. The average Bonchev–Trinajstić information content (AvgIpc) is 3.05. The molecule has 2 atom stereocenters. The summed E-state index contributed by atoms with van der Waals surface area (Å²) >= 11 is 1.61. The van der Waals surface area contributed by atoms with Gasteiger partial charge in [-0.1, -0.05) is 57.5 Å². The maximum atomic E-state index is 12.8. The first-order valence-corrected chi connectivity index (χ1v) is 9.98. The smallest absolute Gasteiger partial charge is 0.329 e. The Bertz CT molecular complexity index is 565. The van der Waals surface area contributed by atoms with Gasteiger partial charge in [0.2, 0.25) is 0 Å². The van der Waals surface area contributed by atoms with E-state index in [4.69, 9.17) is 4.74 Å². The van der Waals surface area contributed by atoms with Gasteiger partial charge < -0.3 is 10.1 Å². The van der Waals surface area contributed by atoms with Gasteiger partial charge in [-0.2, -0.15) is 0 Å². The van der Waals surface area contributed by atoms with Crippen LogP contribution in [0.4, 0.5) is 4.79 Å². The molecular weight excluding hydrogens is 336 g/mol. The van der Waals surface area contributed by atoms with E-state index in [-0.39, 0.29) is 23.3 Å². The quantitative estimate of drug-likeness (QED) is 0.590. The van der Waals surface area contributed by atoms with E-state index in [2.05, 4.69) is 12.2 Å². The van der Waals surface area contributed by atoms with Gasteiger partial charge in [0.05, 0.1) is 6.61 Å². The highest BCUT2D eigenvalue weighted by Crippen LogP contribution is 2.41. The van der Waals surface area contributed by atoms with Crippen molar-refractivity contribution in [3.8, 4) is 0 Å². The molecule has 0 aromatic heterocycles. The molecule has 2 amide bonds. The van der Waals surface area contributed by atoms with Gasteiger partial charge in [0.1, 0.15) is 11.4 Å². The Morgan fingerprint density at radius 1 is 1.32 bits per heavy atom. The summed E-state index contributed by atoms with van der Waals surface area (Å²) in [6, 6.07) is 9.09. The van der Waals surface area contributed by atoms with E-state index >= 15 is 0 Å². The van der Waals surface area contributed by atoms with Gasteiger partial charge in [-0.25, -0.2) is 9.59 Å². The highest BCUT2D eigenvalue weighted by molar-refractivity contribution is 7.99. The fraction of sp³-hybridized carbons (Fsp3) is 0.579. The van der Waals surface area contributed by atoms with Crippen LogP contribution in [0.25, 0.3) is 0 Å². The fourth-order valence-electron chi connectivity index (χ4n) is 2.62. The van der Waals surface area contributed by atoms with Crippen LogP contribution < -0.4 is 5.32 Å². The van der Waals surface area contributed by atoms with Crippen LogP contribution >= 0.6 is 11.8 Å². The van der Waals surface area contributed by atoms with Gasteiger partial charge in [-0.3, -0.25) is 4.90 Å². The molecule has 1 aromatic rings. The molecule has 6 heteroatoms. The van der Waals surface area contributed by atoms with Crippen LogP contribution in [-0.2, 0) is 9.53 Å². The Labute approximate surface area is 154 Å². The number of carbonyl (C=O) groups is 2. The lowest BCUT2D eigenvalue weighted by atomic mass is 10.2. The van der Waals surface area contributed by atoms with E-state index in [9.17, 15) is 9.59 Å². The van der Waals surface area contributed by atoms with Gasteiger partial charge in [-0.15, -0.1) is 11.8 Å². The van der Waals surface area contributed by atoms with Crippen molar-refractivity contribution in [3.63, 3.8) is 0 Å². The van der Waals surface area contributed by atoms with Crippen LogP contribution in [0, 0.1) is 5.92 Å². The molecule has 5 nitrogen and oxygen atoms in total. The minimum atomic E-state index is -0.546. The van der Waals surface area contributed by atoms with Crippen molar-refractivity contribution >= 4 is 23.8 Å². The van der Waals surface area contributed by atoms with Crippen molar-refractivity contribution in [2.45, 2.75) is 45.0 Å². The van der Waals surface area contributed by atoms with Crippen molar-refractivity contribution < 1.29 is 14.3 Å². The number of unbranched alkanes of at least 4 members (excludes halogenated alkanes) is 1. The van der Waals surface area contributed by atoms with Crippen molar-refractivity contribution in [3.05, 3.63) is 35.9 Å². The number of amides is 2. The molecule has 138 valence electrons. The largest absolute Gasteiger partial charge is 0.464 e. The van der Waals surface area contributed by atoms with Crippen molar-refractivity contribution in [1.29, 1.82) is 0 Å². The number of rotatable bonds is 7. The number of nitrogens with zero attached hydrogens (tertiary/aromatic N) is 1. The summed E-state index contributed by atoms with van der Waals surface area (Å²) in [5.41, 5.74) is 1.03. The lowest BCUT2D eigenvalue weighted by molar-refractivity contribution is -0.149. The standard InChI is InChI=1S/C19H28N2O3S/c1-4-5-11-20-19(23)21-16(18(22)24-12-14(2)3)13-25-17(21)15-9-7-6-8-10-15/h6-10,14,16-17H,4-5,11-13H2,1-3H3,(H,20,23). The second-order valence-electron chi connectivity index (χ2n) is 6.63.